The van der Waals surface area contributed by atoms with E-state index in [9.17, 15) is 9.59 Å². The summed E-state index contributed by atoms with van der Waals surface area (Å²) in [6.45, 7) is 1.88. The van der Waals surface area contributed by atoms with E-state index in [4.69, 9.17) is 23.2 Å². The number of carbonyl (C=O) groups is 2. The van der Waals surface area contributed by atoms with Crippen LogP contribution < -0.4 is 10.6 Å². The molecule has 0 bridgehead atoms. The predicted octanol–water partition coefficient (Wildman–Crippen LogP) is 4.14. The van der Waals surface area contributed by atoms with Gasteiger partial charge in [0.05, 0.1) is 29.9 Å². The average molecular weight is 367 g/mol. The Hall–Kier alpha value is -2.24. The minimum Gasteiger partial charge on any atom is -0.465 e. The number of aryl methyl sites for hydroxylation is 1. The second-order valence-electron chi connectivity index (χ2n) is 5.05. The molecule has 1 amide bonds. The maximum absolute atomic E-state index is 12.1. The number of amides is 1. The van der Waals surface area contributed by atoms with Gasteiger partial charge in [-0.15, -0.1) is 0 Å². The first-order chi connectivity index (χ1) is 11.4. The zero-order valence-electron chi connectivity index (χ0n) is 13.2. The smallest absolute Gasteiger partial charge is 0.337 e. The summed E-state index contributed by atoms with van der Waals surface area (Å²) in [6.07, 6.45) is 0. The van der Waals surface area contributed by atoms with Gasteiger partial charge in [0.2, 0.25) is 5.91 Å². The van der Waals surface area contributed by atoms with Crippen LogP contribution in [0.1, 0.15) is 15.9 Å². The lowest BCUT2D eigenvalue weighted by atomic mass is 10.1. The standard InChI is InChI=1S/C17H16Cl2N2O3/c1-10-3-4-11(17(23)24-2)7-14(10)20-9-16(22)21-15-8-12(18)5-6-13(15)19/h3-8,20H,9H2,1-2H3,(H,21,22). The first-order valence-electron chi connectivity index (χ1n) is 7.08. The Kier molecular flexibility index (Phi) is 6.06. The van der Waals surface area contributed by atoms with Crippen molar-refractivity contribution in [1.82, 2.24) is 0 Å². The van der Waals surface area contributed by atoms with Gasteiger partial charge >= 0.3 is 5.97 Å². The summed E-state index contributed by atoms with van der Waals surface area (Å²) >= 11 is 11.9. The molecule has 2 aromatic rings. The molecule has 0 radical (unpaired) electrons. The molecule has 0 aliphatic rings. The van der Waals surface area contributed by atoms with Crippen molar-refractivity contribution in [3.8, 4) is 0 Å². The summed E-state index contributed by atoms with van der Waals surface area (Å²) in [6, 6.07) is 9.90. The number of halogens is 2. The van der Waals surface area contributed by atoms with Crippen LogP contribution in [0.3, 0.4) is 0 Å². The third kappa shape index (κ3) is 4.63. The van der Waals surface area contributed by atoms with E-state index in [1.54, 1.807) is 36.4 Å². The lowest BCUT2D eigenvalue weighted by Gasteiger charge is -2.12. The summed E-state index contributed by atoms with van der Waals surface area (Å²) in [5.74, 6) is -0.727. The normalized spacial score (nSPS) is 10.2. The van der Waals surface area contributed by atoms with E-state index in [2.05, 4.69) is 15.4 Å². The van der Waals surface area contributed by atoms with Gasteiger partial charge < -0.3 is 15.4 Å². The number of esters is 1. The first kappa shape index (κ1) is 18.1. The minimum absolute atomic E-state index is 0.00824. The average Bonchev–Trinajstić information content (AvgIpc) is 2.56. The van der Waals surface area contributed by atoms with Crippen molar-refractivity contribution >= 4 is 46.5 Å². The van der Waals surface area contributed by atoms with Gasteiger partial charge in [-0.2, -0.15) is 0 Å². The van der Waals surface area contributed by atoms with Crippen LogP contribution in [0.5, 0.6) is 0 Å². The first-order valence-corrected chi connectivity index (χ1v) is 7.84. The lowest BCUT2D eigenvalue weighted by molar-refractivity contribution is -0.114. The number of nitrogens with one attached hydrogen (secondary N) is 2. The monoisotopic (exact) mass is 366 g/mol. The van der Waals surface area contributed by atoms with Crippen LogP contribution in [0.2, 0.25) is 10.0 Å². The van der Waals surface area contributed by atoms with Gasteiger partial charge in [-0.1, -0.05) is 29.3 Å². The highest BCUT2D eigenvalue weighted by Gasteiger charge is 2.10. The molecule has 0 unspecified atom stereocenters. The van der Waals surface area contributed by atoms with Crippen molar-refractivity contribution in [2.45, 2.75) is 6.92 Å². The van der Waals surface area contributed by atoms with E-state index < -0.39 is 5.97 Å². The van der Waals surface area contributed by atoms with Gasteiger partial charge in [-0.3, -0.25) is 4.79 Å². The molecule has 0 aliphatic carbocycles. The number of carbonyl (C=O) groups excluding carboxylic acids is 2. The quantitative estimate of drug-likeness (QED) is 0.780. The zero-order valence-corrected chi connectivity index (χ0v) is 14.7. The van der Waals surface area contributed by atoms with Crippen LogP contribution in [0.4, 0.5) is 11.4 Å². The molecule has 2 N–H and O–H groups in total. The van der Waals surface area contributed by atoms with Crippen molar-refractivity contribution in [1.29, 1.82) is 0 Å². The summed E-state index contributed by atoms with van der Waals surface area (Å²) in [4.78, 5) is 23.6. The number of rotatable bonds is 5. The largest absolute Gasteiger partial charge is 0.465 e. The van der Waals surface area contributed by atoms with E-state index in [1.165, 1.54) is 7.11 Å². The minimum atomic E-state index is -0.437. The number of hydrogen-bond donors (Lipinski definition) is 2. The molecule has 0 fully saturated rings. The topological polar surface area (TPSA) is 67.4 Å². The molecular weight excluding hydrogens is 351 g/mol. The highest BCUT2D eigenvalue weighted by Crippen LogP contribution is 2.25. The Morgan fingerprint density at radius 1 is 1.08 bits per heavy atom. The number of methoxy groups -OCH3 is 1. The Morgan fingerprint density at radius 2 is 1.83 bits per heavy atom. The van der Waals surface area contributed by atoms with Crippen molar-refractivity contribution in [2.75, 3.05) is 24.3 Å². The number of anilines is 2. The maximum Gasteiger partial charge on any atom is 0.337 e. The van der Waals surface area contributed by atoms with Crippen molar-refractivity contribution < 1.29 is 14.3 Å². The number of benzene rings is 2. The molecule has 5 nitrogen and oxygen atoms in total. The molecule has 7 heteroatoms. The van der Waals surface area contributed by atoms with E-state index in [0.717, 1.165) is 5.56 Å². The zero-order chi connectivity index (χ0) is 17.7. The fourth-order valence-electron chi connectivity index (χ4n) is 2.02. The third-order valence-electron chi connectivity index (χ3n) is 3.30. The van der Waals surface area contributed by atoms with Crippen LogP contribution in [-0.2, 0) is 9.53 Å². The van der Waals surface area contributed by atoms with Crippen molar-refractivity contribution in [2.24, 2.45) is 0 Å². The molecular formula is C17H16Cl2N2O3. The Bertz CT molecular complexity index is 778. The fourth-order valence-corrected chi connectivity index (χ4v) is 2.36. The summed E-state index contributed by atoms with van der Waals surface area (Å²) in [5, 5.41) is 6.55. The molecule has 0 atom stereocenters. The molecule has 0 aliphatic heterocycles. The third-order valence-corrected chi connectivity index (χ3v) is 3.87. The fraction of sp³-hybridized carbons (Fsp3) is 0.176. The second kappa shape index (κ2) is 8.04. The molecule has 0 heterocycles. The number of hydrogen-bond acceptors (Lipinski definition) is 4. The summed E-state index contributed by atoms with van der Waals surface area (Å²) < 4.78 is 4.69. The maximum atomic E-state index is 12.1. The molecule has 2 rings (SSSR count). The van der Waals surface area contributed by atoms with Crippen LogP contribution in [0, 0.1) is 6.92 Å². The van der Waals surface area contributed by atoms with Crippen molar-refractivity contribution in [3.05, 3.63) is 57.6 Å². The van der Waals surface area contributed by atoms with Crippen molar-refractivity contribution in [3.63, 3.8) is 0 Å². The molecule has 0 aromatic heterocycles. The van der Waals surface area contributed by atoms with Gasteiger partial charge in [0, 0.05) is 10.7 Å². The second-order valence-corrected chi connectivity index (χ2v) is 5.89. The van der Waals surface area contributed by atoms with E-state index in [-0.39, 0.29) is 12.5 Å². The lowest BCUT2D eigenvalue weighted by Crippen LogP contribution is -2.22. The van der Waals surface area contributed by atoms with E-state index in [1.807, 2.05) is 6.92 Å². The van der Waals surface area contributed by atoms with Crippen LogP contribution in [0.25, 0.3) is 0 Å². The molecule has 0 saturated heterocycles. The molecule has 24 heavy (non-hydrogen) atoms. The highest BCUT2D eigenvalue weighted by atomic mass is 35.5. The highest BCUT2D eigenvalue weighted by molar-refractivity contribution is 6.35. The molecule has 126 valence electrons. The Labute approximate surface area is 149 Å². The Morgan fingerprint density at radius 3 is 2.54 bits per heavy atom. The summed E-state index contributed by atoms with van der Waals surface area (Å²) in [7, 11) is 1.32. The number of ether oxygens (including phenoxy) is 1. The van der Waals surface area contributed by atoms with E-state index in [0.29, 0.717) is 27.0 Å². The van der Waals surface area contributed by atoms with Gasteiger partial charge in [0.1, 0.15) is 0 Å². The van der Waals surface area contributed by atoms with Gasteiger partial charge in [0.25, 0.3) is 0 Å². The predicted molar refractivity (Wildman–Crippen MR) is 96.1 cm³/mol. The molecule has 2 aromatic carbocycles. The van der Waals surface area contributed by atoms with E-state index >= 15 is 0 Å². The summed E-state index contributed by atoms with van der Waals surface area (Å²) in [5.41, 5.74) is 2.42. The SMILES string of the molecule is COC(=O)c1ccc(C)c(NCC(=O)Nc2cc(Cl)ccc2Cl)c1. The van der Waals surface area contributed by atoms with Gasteiger partial charge in [-0.05, 0) is 42.8 Å². The van der Waals surface area contributed by atoms with Crippen LogP contribution >= 0.6 is 23.2 Å². The van der Waals surface area contributed by atoms with Gasteiger partial charge in [-0.25, -0.2) is 4.79 Å². The molecule has 0 spiro atoms. The van der Waals surface area contributed by atoms with Crippen LogP contribution in [-0.4, -0.2) is 25.5 Å². The van der Waals surface area contributed by atoms with Crippen LogP contribution in [0.15, 0.2) is 36.4 Å². The van der Waals surface area contributed by atoms with Gasteiger partial charge in [0.15, 0.2) is 0 Å². The Balaban J connectivity index is 2.03. The molecule has 0 saturated carbocycles.